The van der Waals surface area contributed by atoms with E-state index >= 15 is 0 Å². The van der Waals surface area contributed by atoms with Crippen molar-refractivity contribution in [2.24, 2.45) is 4.99 Å². The van der Waals surface area contributed by atoms with Gasteiger partial charge in [0.15, 0.2) is 17.5 Å². The minimum absolute atomic E-state index is 0.449. The third-order valence-corrected chi connectivity index (χ3v) is 4.92. The molecule has 1 heterocycles. The molecule has 0 aliphatic rings. The molecule has 0 spiro atoms. The third kappa shape index (κ3) is 5.67. The van der Waals surface area contributed by atoms with Gasteiger partial charge in [-0.3, -0.25) is 0 Å². The number of hydrogen-bond acceptors (Lipinski definition) is 4. The molecule has 0 amide bonds. The van der Waals surface area contributed by atoms with Crippen molar-refractivity contribution in [1.82, 2.24) is 10.6 Å². The van der Waals surface area contributed by atoms with Crippen molar-refractivity contribution in [1.29, 1.82) is 0 Å². The summed E-state index contributed by atoms with van der Waals surface area (Å²) in [6, 6.07) is 10.1. The van der Waals surface area contributed by atoms with Crippen LogP contribution in [-0.4, -0.2) is 33.3 Å². The van der Waals surface area contributed by atoms with Gasteiger partial charge in [0.05, 0.1) is 20.8 Å². The second-order valence-corrected chi connectivity index (χ2v) is 6.66. The highest BCUT2D eigenvalue weighted by Gasteiger charge is 2.08. The molecule has 2 rings (SSSR count). The molecule has 0 fully saturated rings. The SMILES string of the molecule is CCNC(=NCc1ccc(OC)c(OC)c1)NCC(C)c1cccs1. The first kappa shape index (κ1) is 19.1. The molecule has 0 aliphatic carbocycles. The van der Waals surface area contributed by atoms with Crippen molar-refractivity contribution < 1.29 is 9.47 Å². The van der Waals surface area contributed by atoms with E-state index in [0.29, 0.717) is 12.5 Å². The maximum Gasteiger partial charge on any atom is 0.191 e. The number of ether oxygens (including phenoxy) is 2. The third-order valence-electron chi connectivity index (χ3n) is 3.82. The zero-order valence-corrected chi connectivity index (χ0v) is 16.2. The fourth-order valence-corrected chi connectivity index (χ4v) is 3.20. The van der Waals surface area contributed by atoms with Crippen molar-refractivity contribution >= 4 is 17.3 Å². The van der Waals surface area contributed by atoms with Crippen LogP contribution in [0.1, 0.15) is 30.2 Å². The molecule has 0 aliphatic heterocycles. The fourth-order valence-electron chi connectivity index (χ4n) is 2.41. The van der Waals surface area contributed by atoms with Gasteiger partial charge in [-0.15, -0.1) is 11.3 Å². The van der Waals surface area contributed by atoms with Crippen LogP contribution < -0.4 is 20.1 Å². The standard InChI is InChI=1S/C19H27N3O2S/c1-5-20-19(21-12-14(2)18-7-6-10-25-18)22-13-15-8-9-16(23-3)17(11-15)24-4/h6-11,14H,5,12-13H2,1-4H3,(H2,20,21,22). The van der Waals surface area contributed by atoms with Crippen molar-refractivity contribution in [3.8, 4) is 11.5 Å². The highest BCUT2D eigenvalue weighted by atomic mass is 32.1. The predicted molar refractivity (Wildman–Crippen MR) is 105 cm³/mol. The van der Waals surface area contributed by atoms with Gasteiger partial charge in [-0.25, -0.2) is 4.99 Å². The molecule has 136 valence electrons. The zero-order chi connectivity index (χ0) is 18.1. The molecule has 1 aromatic carbocycles. The average molecular weight is 362 g/mol. The van der Waals surface area contributed by atoms with E-state index < -0.39 is 0 Å². The van der Waals surface area contributed by atoms with Crippen LogP contribution in [0.4, 0.5) is 0 Å². The Morgan fingerprint density at radius 1 is 1.16 bits per heavy atom. The Balaban J connectivity index is 1.99. The topological polar surface area (TPSA) is 54.9 Å². The van der Waals surface area contributed by atoms with Gasteiger partial charge in [-0.05, 0) is 36.1 Å². The van der Waals surface area contributed by atoms with Crippen molar-refractivity contribution in [2.75, 3.05) is 27.3 Å². The summed E-state index contributed by atoms with van der Waals surface area (Å²) >= 11 is 1.79. The monoisotopic (exact) mass is 361 g/mol. The maximum absolute atomic E-state index is 5.35. The van der Waals surface area contributed by atoms with Gasteiger partial charge in [0.25, 0.3) is 0 Å². The molecule has 6 heteroatoms. The molecule has 5 nitrogen and oxygen atoms in total. The maximum atomic E-state index is 5.35. The van der Waals surface area contributed by atoms with Gasteiger partial charge < -0.3 is 20.1 Å². The molecule has 0 radical (unpaired) electrons. The Hall–Kier alpha value is -2.21. The molecule has 0 bridgehead atoms. The van der Waals surface area contributed by atoms with E-state index in [9.17, 15) is 0 Å². The Bertz CT molecular complexity index is 671. The molecule has 1 unspecified atom stereocenters. The smallest absolute Gasteiger partial charge is 0.191 e. The summed E-state index contributed by atoms with van der Waals surface area (Å²) in [7, 11) is 3.28. The van der Waals surface area contributed by atoms with E-state index in [4.69, 9.17) is 9.47 Å². The molecule has 1 atom stereocenters. The summed E-state index contributed by atoms with van der Waals surface area (Å²) < 4.78 is 10.6. The first-order chi connectivity index (χ1) is 12.2. The summed E-state index contributed by atoms with van der Waals surface area (Å²) in [6.07, 6.45) is 0. The molecule has 25 heavy (non-hydrogen) atoms. The number of nitrogens with zero attached hydrogens (tertiary/aromatic N) is 1. The number of methoxy groups -OCH3 is 2. The van der Waals surface area contributed by atoms with E-state index in [1.807, 2.05) is 18.2 Å². The number of rotatable bonds is 8. The van der Waals surface area contributed by atoms with Crippen LogP contribution in [0.2, 0.25) is 0 Å². The van der Waals surface area contributed by atoms with Crippen LogP contribution in [0, 0.1) is 0 Å². The summed E-state index contributed by atoms with van der Waals surface area (Å²) in [5, 5.41) is 8.82. The normalized spacial score (nSPS) is 12.6. The van der Waals surface area contributed by atoms with E-state index in [1.54, 1.807) is 25.6 Å². The van der Waals surface area contributed by atoms with Gasteiger partial charge in [0.2, 0.25) is 0 Å². The lowest BCUT2D eigenvalue weighted by atomic mass is 10.1. The minimum atomic E-state index is 0.449. The van der Waals surface area contributed by atoms with Crippen molar-refractivity contribution in [2.45, 2.75) is 26.3 Å². The summed E-state index contributed by atoms with van der Waals surface area (Å²) in [5.41, 5.74) is 1.07. The molecule has 0 saturated carbocycles. The Kier molecular flexibility index (Phi) is 7.60. The highest BCUT2D eigenvalue weighted by molar-refractivity contribution is 7.10. The van der Waals surface area contributed by atoms with Crippen LogP contribution >= 0.6 is 11.3 Å². The summed E-state index contributed by atoms with van der Waals surface area (Å²) in [5.74, 6) is 2.72. The molecule has 2 aromatic rings. The molecule has 1 aromatic heterocycles. The Morgan fingerprint density at radius 2 is 1.96 bits per heavy atom. The molecular formula is C19H27N3O2S. The lowest BCUT2D eigenvalue weighted by molar-refractivity contribution is 0.354. The van der Waals surface area contributed by atoms with E-state index in [0.717, 1.165) is 36.1 Å². The van der Waals surface area contributed by atoms with Gasteiger partial charge in [0, 0.05) is 23.9 Å². The second-order valence-electron chi connectivity index (χ2n) is 5.68. The van der Waals surface area contributed by atoms with E-state index in [2.05, 4.69) is 47.0 Å². The number of guanidine groups is 1. The van der Waals surface area contributed by atoms with Crippen LogP contribution in [0.25, 0.3) is 0 Å². The number of nitrogens with one attached hydrogen (secondary N) is 2. The van der Waals surface area contributed by atoms with Gasteiger partial charge in [-0.2, -0.15) is 0 Å². The largest absolute Gasteiger partial charge is 0.493 e. The predicted octanol–water partition coefficient (Wildman–Crippen LogP) is 3.62. The van der Waals surface area contributed by atoms with Crippen molar-refractivity contribution in [3.05, 3.63) is 46.2 Å². The van der Waals surface area contributed by atoms with Crippen LogP contribution in [-0.2, 0) is 6.54 Å². The van der Waals surface area contributed by atoms with Crippen LogP contribution in [0.3, 0.4) is 0 Å². The molecule has 2 N–H and O–H groups in total. The highest BCUT2D eigenvalue weighted by Crippen LogP contribution is 2.27. The zero-order valence-electron chi connectivity index (χ0n) is 15.3. The summed E-state index contributed by atoms with van der Waals surface area (Å²) in [4.78, 5) is 6.05. The van der Waals surface area contributed by atoms with Gasteiger partial charge in [0.1, 0.15) is 0 Å². The number of aliphatic imine (C=N–C) groups is 1. The lowest BCUT2D eigenvalue weighted by Crippen LogP contribution is -2.39. The molecule has 0 saturated heterocycles. The number of benzene rings is 1. The number of thiophene rings is 1. The average Bonchev–Trinajstić information content (AvgIpc) is 3.18. The quantitative estimate of drug-likeness (QED) is 0.557. The Morgan fingerprint density at radius 3 is 2.60 bits per heavy atom. The minimum Gasteiger partial charge on any atom is -0.493 e. The molecular weight excluding hydrogens is 334 g/mol. The van der Waals surface area contributed by atoms with Crippen molar-refractivity contribution in [3.63, 3.8) is 0 Å². The Labute approximate surface area is 154 Å². The van der Waals surface area contributed by atoms with Gasteiger partial charge in [-0.1, -0.05) is 19.1 Å². The van der Waals surface area contributed by atoms with Crippen LogP contribution in [0.5, 0.6) is 11.5 Å². The number of hydrogen-bond donors (Lipinski definition) is 2. The van der Waals surface area contributed by atoms with E-state index in [-0.39, 0.29) is 0 Å². The van der Waals surface area contributed by atoms with Crippen LogP contribution in [0.15, 0.2) is 40.7 Å². The first-order valence-corrected chi connectivity index (χ1v) is 9.32. The fraction of sp³-hybridized carbons (Fsp3) is 0.421. The lowest BCUT2D eigenvalue weighted by Gasteiger charge is -2.15. The second kappa shape index (κ2) is 9.93. The van der Waals surface area contributed by atoms with E-state index in [1.165, 1.54) is 4.88 Å². The van der Waals surface area contributed by atoms with Gasteiger partial charge >= 0.3 is 0 Å². The summed E-state index contributed by atoms with van der Waals surface area (Å²) in [6.45, 7) is 6.53. The first-order valence-electron chi connectivity index (χ1n) is 8.44.